The van der Waals surface area contributed by atoms with Crippen molar-refractivity contribution in [2.75, 3.05) is 11.1 Å². The molecule has 0 radical (unpaired) electrons. The summed E-state index contributed by atoms with van der Waals surface area (Å²) in [5, 5.41) is 6.76. The Morgan fingerprint density at radius 3 is 2.52 bits per heavy atom. The maximum Gasteiger partial charge on any atom is 0.237 e. The van der Waals surface area contributed by atoms with E-state index in [0.29, 0.717) is 17.3 Å². The molecule has 1 heterocycles. The van der Waals surface area contributed by atoms with Crippen molar-refractivity contribution >= 4 is 23.6 Å². The van der Waals surface area contributed by atoms with Crippen LogP contribution in [0.15, 0.2) is 57.9 Å². The summed E-state index contributed by atoms with van der Waals surface area (Å²) in [6, 6.07) is 15.9. The maximum atomic E-state index is 12.1. The minimum atomic E-state index is -0.116. The van der Waals surface area contributed by atoms with Crippen LogP contribution in [0, 0.1) is 20.8 Å². The van der Waals surface area contributed by atoms with Gasteiger partial charge in [0, 0.05) is 16.5 Å². The summed E-state index contributed by atoms with van der Waals surface area (Å²) in [6.07, 6.45) is 0. The highest BCUT2D eigenvalue weighted by molar-refractivity contribution is 8.00. The molecule has 0 unspecified atom stereocenters. The number of nitrogens with zero attached hydrogens (tertiary/aromatic N) is 1. The Morgan fingerprint density at radius 2 is 1.80 bits per heavy atom. The first kappa shape index (κ1) is 17.3. The molecule has 3 aromatic rings. The Hall–Kier alpha value is -2.53. The van der Waals surface area contributed by atoms with Gasteiger partial charge in [0.05, 0.1) is 5.75 Å². The van der Waals surface area contributed by atoms with E-state index >= 15 is 0 Å². The van der Waals surface area contributed by atoms with Gasteiger partial charge in [-0.2, -0.15) is 0 Å². The quantitative estimate of drug-likeness (QED) is 0.657. The SMILES string of the molecule is Cc1ccc(-c2cc(NC(=O)CSc3ccc(C)c(C)c3)on2)cc1. The van der Waals surface area contributed by atoms with Crippen LogP contribution in [0.2, 0.25) is 0 Å². The summed E-state index contributed by atoms with van der Waals surface area (Å²) in [7, 11) is 0. The first-order valence-electron chi connectivity index (χ1n) is 8.05. The fourth-order valence-electron chi connectivity index (χ4n) is 2.32. The van der Waals surface area contributed by atoms with Gasteiger partial charge in [-0.3, -0.25) is 10.1 Å². The number of carbonyl (C=O) groups is 1. The lowest BCUT2D eigenvalue weighted by atomic mass is 10.1. The molecular weight excluding hydrogens is 332 g/mol. The first-order chi connectivity index (χ1) is 12.0. The van der Waals surface area contributed by atoms with Crippen LogP contribution in [0.4, 0.5) is 5.88 Å². The predicted octanol–water partition coefficient (Wildman–Crippen LogP) is 5.00. The average molecular weight is 352 g/mol. The van der Waals surface area contributed by atoms with E-state index in [-0.39, 0.29) is 5.91 Å². The highest BCUT2D eigenvalue weighted by atomic mass is 32.2. The molecule has 0 aliphatic heterocycles. The smallest absolute Gasteiger partial charge is 0.237 e. The summed E-state index contributed by atoms with van der Waals surface area (Å²) in [6.45, 7) is 6.18. The Labute approximate surface area is 151 Å². The standard InChI is InChI=1S/C20H20N2O2S/c1-13-4-7-16(8-5-13)18-11-20(24-22-18)21-19(23)12-25-17-9-6-14(2)15(3)10-17/h4-11H,12H2,1-3H3,(H,21,23). The van der Waals surface area contributed by atoms with Crippen LogP contribution < -0.4 is 5.32 Å². The molecule has 4 nitrogen and oxygen atoms in total. The van der Waals surface area contributed by atoms with Crippen molar-refractivity contribution in [3.63, 3.8) is 0 Å². The molecule has 3 rings (SSSR count). The topological polar surface area (TPSA) is 55.1 Å². The van der Waals surface area contributed by atoms with Crippen LogP contribution in [0.25, 0.3) is 11.3 Å². The Kier molecular flexibility index (Phi) is 5.24. The molecule has 1 amide bonds. The van der Waals surface area contributed by atoms with E-state index in [2.05, 4.69) is 36.5 Å². The number of aryl methyl sites for hydroxylation is 3. The fraction of sp³-hybridized carbons (Fsp3) is 0.200. The van der Waals surface area contributed by atoms with Crippen molar-refractivity contribution in [3.05, 3.63) is 65.2 Å². The number of carbonyl (C=O) groups excluding carboxylic acids is 1. The van der Waals surface area contributed by atoms with Gasteiger partial charge in [-0.05, 0) is 44.0 Å². The number of thioether (sulfide) groups is 1. The molecule has 0 fully saturated rings. The van der Waals surface area contributed by atoms with E-state index in [4.69, 9.17) is 4.52 Å². The Balaban J connectivity index is 1.58. The largest absolute Gasteiger partial charge is 0.338 e. The van der Waals surface area contributed by atoms with E-state index in [1.807, 2.05) is 37.3 Å². The lowest BCUT2D eigenvalue weighted by Gasteiger charge is -2.05. The average Bonchev–Trinajstić information content (AvgIpc) is 3.05. The van der Waals surface area contributed by atoms with Crippen LogP contribution in [-0.4, -0.2) is 16.8 Å². The normalized spacial score (nSPS) is 10.7. The van der Waals surface area contributed by atoms with Gasteiger partial charge < -0.3 is 4.52 Å². The minimum Gasteiger partial charge on any atom is -0.338 e. The Bertz CT molecular complexity index is 885. The van der Waals surface area contributed by atoms with Crippen LogP contribution in [0.5, 0.6) is 0 Å². The maximum absolute atomic E-state index is 12.1. The van der Waals surface area contributed by atoms with Crippen molar-refractivity contribution in [1.82, 2.24) is 5.16 Å². The first-order valence-corrected chi connectivity index (χ1v) is 9.03. The zero-order chi connectivity index (χ0) is 17.8. The third-order valence-corrected chi connectivity index (χ3v) is 4.96. The minimum absolute atomic E-state index is 0.116. The summed E-state index contributed by atoms with van der Waals surface area (Å²) >= 11 is 1.50. The molecule has 0 saturated carbocycles. The van der Waals surface area contributed by atoms with Gasteiger partial charge in [0.15, 0.2) is 0 Å². The van der Waals surface area contributed by atoms with Crippen LogP contribution >= 0.6 is 11.8 Å². The second-order valence-electron chi connectivity index (χ2n) is 6.03. The number of benzene rings is 2. The predicted molar refractivity (Wildman–Crippen MR) is 102 cm³/mol. The molecular formula is C20H20N2O2S. The highest BCUT2D eigenvalue weighted by Gasteiger charge is 2.10. The van der Waals surface area contributed by atoms with Gasteiger partial charge in [-0.1, -0.05) is 41.1 Å². The lowest BCUT2D eigenvalue weighted by Crippen LogP contribution is -2.13. The lowest BCUT2D eigenvalue weighted by molar-refractivity contribution is -0.113. The molecule has 0 saturated heterocycles. The number of hydrogen-bond acceptors (Lipinski definition) is 4. The third-order valence-electron chi connectivity index (χ3n) is 3.97. The van der Waals surface area contributed by atoms with E-state index < -0.39 is 0 Å². The molecule has 0 spiro atoms. The molecule has 1 N–H and O–H groups in total. The zero-order valence-electron chi connectivity index (χ0n) is 14.5. The van der Waals surface area contributed by atoms with E-state index in [1.165, 1.54) is 28.5 Å². The summed E-state index contributed by atoms with van der Waals surface area (Å²) in [5.74, 6) is 0.569. The van der Waals surface area contributed by atoms with Crippen molar-refractivity contribution in [1.29, 1.82) is 0 Å². The van der Waals surface area contributed by atoms with E-state index in [0.717, 1.165) is 10.5 Å². The molecule has 1 aromatic heterocycles. The summed E-state index contributed by atoms with van der Waals surface area (Å²) in [5.41, 5.74) is 5.32. The van der Waals surface area contributed by atoms with Gasteiger partial charge in [0.2, 0.25) is 11.8 Å². The van der Waals surface area contributed by atoms with Crippen molar-refractivity contribution < 1.29 is 9.32 Å². The van der Waals surface area contributed by atoms with Crippen molar-refractivity contribution in [2.45, 2.75) is 25.7 Å². The Morgan fingerprint density at radius 1 is 1.04 bits per heavy atom. The van der Waals surface area contributed by atoms with Crippen LogP contribution in [-0.2, 0) is 4.79 Å². The second kappa shape index (κ2) is 7.57. The summed E-state index contributed by atoms with van der Waals surface area (Å²) in [4.78, 5) is 13.2. The molecule has 128 valence electrons. The second-order valence-corrected chi connectivity index (χ2v) is 7.07. The number of anilines is 1. The number of nitrogens with one attached hydrogen (secondary N) is 1. The van der Waals surface area contributed by atoms with Gasteiger partial charge in [-0.25, -0.2) is 0 Å². The van der Waals surface area contributed by atoms with Gasteiger partial charge in [-0.15, -0.1) is 11.8 Å². The van der Waals surface area contributed by atoms with Crippen LogP contribution in [0.3, 0.4) is 0 Å². The molecule has 2 aromatic carbocycles. The number of aromatic nitrogens is 1. The van der Waals surface area contributed by atoms with Crippen molar-refractivity contribution in [3.8, 4) is 11.3 Å². The molecule has 0 bridgehead atoms. The van der Waals surface area contributed by atoms with Crippen molar-refractivity contribution in [2.24, 2.45) is 0 Å². The highest BCUT2D eigenvalue weighted by Crippen LogP contribution is 2.24. The van der Waals surface area contributed by atoms with Gasteiger partial charge in [0.1, 0.15) is 5.69 Å². The monoisotopic (exact) mass is 352 g/mol. The molecule has 25 heavy (non-hydrogen) atoms. The third kappa shape index (κ3) is 4.51. The van der Waals surface area contributed by atoms with Gasteiger partial charge in [0.25, 0.3) is 0 Å². The fourth-order valence-corrected chi connectivity index (χ4v) is 3.11. The number of rotatable bonds is 5. The van der Waals surface area contributed by atoms with Gasteiger partial charge >= 0.3 is 0 Å². The van der Waals surface area contributed by atoms with Crippen LogP contribution in [0.1, 0.15) is 16.7 Å². The molecule has 0 aliphatic rings. The zero-order valence-corrected chi connectivity index (χ0v) is 15.3. The van der Waals surface area contributed by atoms with E-state index in [9.17, 15) is 4.79 Å². The number of hydrogen-bond donors (Lipinski definition) is 1. The molecule has 0 aliphatic carbocycles. The number of amides is 1. The molecule has 5 heteroatoms. The van der Waals surface area contributed by atoms with E-state index in [1.54, 1.807) is 6.07 Å². The summed E-state index contributed by atoms with van der Waals surface area (Å²) < 4.78 is 5.22. The molecule has 0 atom stereocenters.